The van der Waals surface area contributed by atoms with Crippen molar-refractivity contribution in [2.24, 2.45) is 10.8 Å². The Balaban J connectivity index is 2.30. The van der Waals surface area contributed by atoms with Crippen LogP contribution in [0.15, 0.2) is 47.7 Å². The Bertz CT molecular complexity index is 652. The van der Waals surface area contributed by atoms with E-state index in [2.05, 4.69) is 15.5 Å². The fraction of sp³-hybridized carbons (Fsp3) is 0.0714. The van der Waals surface area contributed by atoms with Crippen molar-refractivity contribution in [1.29, 1.82) is 0 Å². The average Bonchev–Trinajstić information content (AvgIpc) is 2.45. The van der Waals surface area contributed by atoms with Gasteiger partial charge in [0.15, 0.2) is 5.11 Å². The molecule has 0 spiro atoms. The second-order valence-corrected chi connectivity index (χ2v) is 4.99. The fourth-order valence-electron chi connectivity index (χ4n) is 1.65. The van der Waals surface area contributed by atoms with Crippen molar-refractivity contribution in [2.45, 2.75) is 6.92 Å². The van der Waals surface area contributed by atoms with E-state index in [0.29, 0.717) is 10.7 Å². The maximum atomic E-state index is 5.89. The first-order chi connectivity index (χ1) is 9.56. The van der Waals surface area contributed by atoms with Crippen LogP contribution in [-0.2, 0) is 0 Å². The molecule has 0 saturated heterocycles. The van der Waals surface area contributed by atoms with Crippen molar-refractivity contribution in [3.05, 3.63) is 53.3 Å². The van der Waals surface area contributed by atoms with Crippen LogP contribution in [0.25, 0.3) is 11.1 Å². The normalized spacial score (nSPS) is 11.2. The molecule has 1 aromatic heterocycles. The van der Waals surface area contributed by atoms with Gasteiger partial charge in [-0.25, -0.2) is 0 Å². The molecule has 4 nitrogen and oxygen atoms in total. The van der Waals surface area contributed by atoms with E-state index in [1.807, 2.05) is 43.3 Å². The van der Waals surface area contributed by atoms with Crippen molar-refractivity contribution in [1.82, 2.24) is 10.4 Å². The second kappa shape index (κ2) is 6.45. The van der Waals surface area contributed by atoms with Gasteiger partial charge in [-0.05, 0) is 54.5 Å². The highest BCUT2D eigenvalue weighted by atomic mass is 35.5. The van der Waals surface area contributed by atoms with E-state index >= 15 is 0 Å². The molecule has 1 heterocycles. The average molecular weight is 305 g/mol. The van der Waals surface area contributed by atoms with Gasteiger partial charge in [0.25, 0.3) is 0 Å². The van der Waals surface area contributed by atoms with Crippen molar-refractivity contribution < 1.29 is 0 Å². The van der Waals surface area contributed by atoms with E-state index in [-0.39, 0.29) is 5.11 Å². The van der Waals surface area contributed by atoms with Gasteiger partial charge < -0.3 is 5.73 Å². The van der Waals surface area contributed by atoms with Crippen molar-refractivity contribution in [2.75, 3.05) is 0 Å². The van der Waals surface area contributed by atoms with Crippen LogP contribution >= 0.6 is 23.8 Å². The summed E-state index contributed by atoms with van der Waals surface area (Å²) in [7, 11) is 0. The first-order valence-electron chi connectivity index (χ1n) is 5.88. The van der Waals surface area contributed by atoms with Crippen molar-refractivity contribution in [3.63, 3.8) is 0 Å². The lowest BCUT2D eigenvalue weighted by molar-refractivity contribution is 1.02. The Morgan fingerprint density at radius 2 is 1.95 bits per heavy atom. The number of nitrogens with one attached hydrogen (secondary N) is 1. The second-order valence-electron chi connectivity index (χ2n) is 4.11. The Morgan fingerprint density at radius 3 is 2.60 bits per heavy atom. The third kappa shape index (κ3) is 3.76. The molecule has 0 aliphatic rings. The van der Waals surface area contributed by atoms with Gasteiger partial charge >= 0.3 is 0 Å². The molecule has 0 radical (unpaired) electrons. The third-order valence-corrected chi connectivity index (χ3v) is 2.99. The van der Waals surface area contributed by atoms with Crippen LogP contribution in [0.5, 0.6) is 0 Å². The molecular formula is C14H13ClN4S. The lowest BCUT2D eigenvalue weighted by Crippen LogP contribution is -2.25. The molecule has 0 unspecified atom stereocenters. The predicted molar refractivity (Wildman–Crippen MR) is 86.8 cm³/mol. The molecule has 2 aromatic rings. The third-order valence-electron chi connectivity index (χ3n) is 2.64. The zero-order chi connectivity index (χ0) is 14.5. The summed E-state index contributed by atoms with van der Waals surface area (Å²) in [5, 5.41) is 4.89. The number of thiocarbonyl (C=S) groups is 1. The van der Waals surface area contributed by atoms with Gasteiger partial charge in [0.05, 0.1) is 11.4 Å². The van der Waals surface area contributed by atoms with Gasteiger partial charge in [0.1, 0.15) is 0 Å². The first kappa shape index (κ1) is 14.4. The Kier molecular flexibility index (Phi) is 4.65. The number of pyridine rings is 1. The van der Waals surface area contributed by atoms with Gasteiger partial charge in [-0.15, -0.1) is 0 Å². The largest absolute Gasteiger partial charge is 0.375 e. The number of rotatable bonds is 3. The highest BCUT2D eigenvalue weighted by molar-refractivity contribution is 7.80. The van der Waals surface area contributed by atoms with Gasteiger partial charge in [-0.3, -0.25) is 10.4 Å². The molecule has 0 atom stereocenters. The van der Waals surface area contributed by atoms with E-state index in [9.17, 15) is 0 Å². The topological polar surface area (TPSA) is 63.3 Å². The van der Waals surface area contributed by atoms with Crippen LogP contribution in [0.4, 0.5) is 0 Å². The van der Waals surface area contributed by atoms with Gasteiger partial charge in [0, 0.05) is 11.2 Å². The summed E-state index contributed by atoms with van der Waals surface area (Å²) in [4.78, 5) is 4.28. The van der Waals surface area contributed by atoms with Crippen LogP contribution in [0.3, 0.4) is 0 Å². The predicted octanol–water partition coefficient (Wildman–Crippen LogP) is 2.96. The lowest BCUT2D eigenvalue weighted by atomic mass is 10.1. The molecule has 102 valence electrons. The molecular weight excluding hydrogens is 292 g/mol. The highest BCUT2D eigenvalue weighted by Crippen LogP contribution is 2.21. The molecule has 20 heavy (non-hydrogen) atoms. The van der Waals surface area contributed by atoms with Crippen molar-refractivity contribution in [3.8, 4) is 11.1 Å². The maximum Gasteiger partial charge on any atom is 0.184 e. The SMILES string of the molecule is C/C(=N\NC(N)=S)c1cc(-c2ccc(Cl)cc2)ccn1. The number of hydrogen-bond donors (Lipinski definition) is 2. The summed E-state index contributed by atoms with van der Waals surface area (Å²) < 4.78 is 0. The quantitative estimate of drug-likeness (QED) is 0.520. The number of benzene rings is 1. The van der Waals surface area contributed by atoms with E-state index in [4.69, 9.17) is 29.6 Å². The van der Waals surface area contributed by atoms with Gasteiger partial charge in [-0.1, -0.05) is 23.7 Å². The van der Waals surface area contributed by atoms with E-state index in [1.165, 1.54) is 0 Å². The van der Waals surface area contributed by atoms with Crippen LogP contribution in [-0.4, -0.2) is 15.8 Å². The lowest BCUT2D eigenvalue weighted by Gasteiger charge is -2.05. The molecule has 0 amide bonds. The molecule has 0 aliphatic heterocycles. The monoisotopic (exact) mass is 304 g/mol. The first-order valence-corrected chi connectivity index (χ1v) is 6.67. The molecule has 0 aliphatic carbocycles. The summed E-state index contributed by atoms with van der Waals surface area (Å²) in [6.07, 6.45) is 1.74. The van der Waals surface area contributed by atoms with E-state index in [0.717, 1.165) is 16.8 Å². The van der Waals surface area contributed by atoms with E-state index in [1.54, 1.807) is 6.20 Å². The number of halogens is 1. The molecule has 0 bridgehead atoms. The molecule has 3 N–H and O–H groups in total. The summed E-state index contributed by atoms with van der Waals surface area (Å²) in [6, 6.07) is 11.5. The van der Waals surface area contributed by atoms with E-state index < -0.39 is 0 Å². The smallest absolute Gasteiger partial charge is 0.184 e. The standard InChI is InChI=1S/C14H13ClN4S/c1-9(18-19-14(16)20)13-8-11(6-7-17-13)10-2-4-12(15)5-3-10/h2-8H,1H3,(H3,16,19,20)/b18-9+. The van der Waals surface area contributed by atoms with Crippen molar-refractivity contribution >= 4 is 34.6 Å². The number of nitrogens with two attached hydrogens (primary N) is 1. The number of aromatic nitrogens is 1. The van der Waals surface area contributed by atoms with Crippen LogP contribution in [0.2, 0.25) is 5.02 Å². The highest BCUT2D eigenvalue weighted by Gasteiger charge is 2.03. The zero-order valence-electron chi connectivity index (χ0n) is 10.8. The molecule has 6 heteroatoms. The minimum absolute atomic E-state index is 0.123. The summed E-state index contributed by atoms with van der Waals surface area (Å²) >= 11 is 10.6. The summed E-state index contributed by atoms with van der Waals surface area (Å²) in [6.45, 7) is 1.83. The molecule has 2 rings (SSSR count). The van der Waals surface area contributed by atoms with Gasteiger partial charge in [-0.2, -0.15) is 5.10 Å². The van der Waals surface area contributed by atoms with Gasteiger partial charge in [0.2, 0.25) is 0 Å². The summed E-state index contributed by atoms with van der Waals surface area (Å²) in [5.74, 6) is 0. The number of hydrazone groups is 1. The number of hydrogen-bond acceptors (Lipinski definition) is 3. The van der Waals surface area contributed by atoms with Crippen LogP contribution in [0.1, 0.15) is 12.6 Å². The Labute approximate surface area is 127 Å². The Morgan fingerprint density at radius 1 is 1.25 bits per heavy atom. The Hall–Kier alpha value is -1.98. The minimum atomic E-state index is 0.123. The van der Waals surface area contributed by atoms with Crippen LogP contribution in [0, 0.1) is 0 Å². The van der Waals surface area contributed by atoms with Crippen LogP contribution < -0.4 is 11.2 Å². The molecule has 1 aromatic carbocycles. The molecule has 0 fully saturated rings. The summed E-state index contributed by atoms with van der Waals surface area (Å²) in [5.41, 5.74) is 11.4. The number of nitrogens with zero attached hydrogens (tertiary/aromatic N) is 2. The maximum absolute atomic E-state index is 5.89. The minimum Gasteiger partial charge on any atom is -0.375 e. The molecule has 0 saturated carbocycles. The zero-order valence-corrected chi connectivity index (χ0v) is 12.4. The fourth-order valence-corrected chi connectivity index (χ4v) is 1.82.